The summed E-state index contributed by atoms with van der Waals surface area (Å²) in [5.74, 6) is 1.48. The lowest BCUT2D eigenvalue weighted by atomic mass is 9.92. The molecule has 0 aromatic carbocycles. The van der Waals surface area contributed by atoms with Gasteiger partial charge < -0.3 is 9.73 Å². The summed E-state index contributed by atoms with van der Waals surface area (Å²) in [5, 5.41) is 3.12. The van der Waals surface area contributed by atoms with Crippen molar-refractivity contribution in [2.75, 3.05) is 0 Å². The Bertz CT molecular complexity index is 878. The monoisotopic (exact) mass is 348 g/mol. The molecule has 4 rings (SSSR count). The first-order valence-electron chi connectivity index (χ1n) is 8.88. The molecular weight excluding hydrogens is 328 g/mol. The van der Waals surface area contributed by atoms with E-state index in [9.17, 15) is 4.79 Å². The zero-order valence-electron chi connectivity index (χ0n) is 14.4. The molecule has 6 nitrogen and oxygen atoms in total. The maximum Gasteiger partial charge on any atom is 0.220 e. The Morgan fingerprint density at radius 1 is 1.23 bits per heavy atom. The number of carbonyl (C=O) groups is 1. The Hall–Kier alpha value is -3.02. The van der Waals surface area contributed by atoms with Gasteiger partial charge in [-0.3, -0.25) is 9.78 Å². The third-order valence-corrected chi connectivity index (χ3v) is 4.59. The minimum atomic E-state index is -0.0272. The van der Waals surface area contributed by atoms with E-state index in [4.69, 9.17) is 4.42 Å². The topological polar surface area (TPSA) is 80.9 Å². The van der Waals surface area contributed by atoms with E-state index in [1.165, 1.54) is 0 Å². The van der Waals surface area contributed by atoms with Gasteiger partial charge in [-0.25, -0.2) is 9.97 Å². The summed E-state index contributed by atoms with van der Waals surface area (Å²) in [4.78, 5) is 25.8. The molecule has 1 aliphatic carbocycles. The van der Waals surface area contributed by atoms with E-state index >= 15 is 0 Å². The predicted molar refractivity (Wildman–Crippen MR) is 96.1 cm³/mol. The zero-order chi connectivity index (χ0) is 17.8. The third-order valence-electron chi connectivity index (χ3n) is 4.59. The van der Waals surface area contributed by atoms with Gasteiger partial charge >= 0.3 is 0 Å². The van der Waals surface area contributed by atoms with E-state index in [1.807, 2.05) is 36.5 Å². The summed E-state index contributed by atoms with van der Waals surface area (Å²) >= 11 is 0. The fourth-order valence-electron chi connectivity index (χ4n) is 3.27. The van der Waals surface area contributed by atoms with Crippen LogP contribution >= 0.6 is 0 Å². The third kappa shape index (κ3) is 3.64. The van der Waals surface area contributed by atoms with Crippen LogP contribution in [-0.2, 0) is 17.6 Å². The van der Waals surface area contributed by atoms with Gasteiger partial charge in [-0.1, -0.05) is 6.07 Å². The van der Waals surface area contributed by atoms with Gasteiger partial charge in [0.2, 0.25) is 5.91 Å². The van der Waals surface area contributed by atoms with Crippen molar-refractivity contribution in [1.82, 2.24) is 20.3 Å². The van der Waals surface area contributed by atoms with Crippen molar-refractivity contribution in [2.45, 2.75) is 38.1 Å². The summed E-state index contributed by atoms with van der Waals surface area (Å²) in [5.41, 5.74) is 2.78. The summed E-state index contributed by atoms with van der Waals surface area (Å²) in [6, 6.07) is 9.39. The number of fused-ring (bicyclic) bond motifs is 1. The van der Waals surface area contributed by atoms with Gasteiger partial charge in [0.1, 0.15) is 11.5 Å². The zero-order valence-corrected chi connectivity index (χ0v) is 14.4. The van der Waals surface area contributed by atoms with Gasteiger partial charge in [-0.05, 0) is 43.5 Å². The summed E-state index contributed by atoms with van der Waals surface area (Å²) in [6.07, 6.45) is 9.01. The average Bonchev–Trinajstić information content (AvgIpc) is 3.21. The standard InChI is InChI=1S/C20H20N4O2/c25-19(10-9-14-5-4-12-26-14)23-16-7-3-8-17-15(16)13-22-20(24-17)18-6-1-2-11-21-18/h1-2,4-6,11-13,16H,3,7-10H2,(H,23,25)/t16-/m0/s1. The molecule has 1 amide bonds. The molecule has 0 spiro atoms. The SMILES string of the molecule is O=C(CCc1ccco1)N[C@H]1CCCc2nc(-c3ccccn3)ncc21. The maximum atomic E-state index is 12.3. The normalized spacial score (nSPS) is 16.1. The van der Waals surface area contributed by atoms with Gasteiger partial charge in [0, 0.05) is 36.5 Å². The number of nitrogens with zero attached hydrogens (tertiary/aromatic N) is 3. The first-order chi connectivity index (χ1) is 12.8. The number of carbonyl (C=O) groups excluding carboxylic acids is 1. The van der Waals surface area contributed by atoms with Crippen LogP contribution in [0.5, 0.6) is 0 Å². The molecule has 6 heteroatoms. The van der Waals surface area contributed by atoms with Crippen LogP contribution in [0.25, 0.3) is 11.5 Å². The fraction of sp³-hybridized carbons (Fsp3) is 0.300. The molecule has 0 saturated carbocycles. The van der Waals surface area contributed by atoms with Crippen molar-refractivity contribution < 1.29 is 9.21 Å². The van der Waals surface area contributed by atoms with Gasteiger partial charge in [-0.15, -0.1) is 0 Å². The quantitative estimate of drug-likeness (QED) is 0.765. The number of pyridine rings is 1. The van der Waals surface area contributed by atoms with Crippen LogP contribution < -0.4 is 5.32 Å². The molecule has 26 heavy (non-hydrogen) atoms. The van der Waals surface area contributed by atoms with Crippen LogP contribution in [0.4, 0.5) is 0 Å². The smallest absolute Gasteiger partial charge is 0.220 e. The van der Waals surface area contributed by atoms with Crippen molar-refractivity contribution in [3.8, 4) is 11.5 Å². The highest BCUT2D eigenvalue weighted by Crippen LogP contribution is 2.29. The van der Waals surface area contributed by atoms with E-state index in [-0.39, 0.29) is 11.9 Å². The maximum absolute atomic E-state index is 12.3. The van der Waals surface area contributed by atoms with E-state index in [2.05, 4.69) is 20.3 Å². The van der Waals surface area contributed by atoms with Crippen molar-refractivity contribution in [2.24, 2.45) is 0 Å². The Balaban J connectivity index is 1.46. The lowest BCUT2D eigenvalue weighted by Crippen LogP contribution is -2.31. The molecule has 1 N–H and O–H groups in total. The molecule has 0 saturated heterocycles. The van der Waals surface area contributed by atoms with E-state index in [0.29, 0.717) is 18.7 Å². The Morgan fingerprint density at radius 3 is 3.00 bits per heavy atom. The first kappa shape index (κ1) is 16.4. The van der Waals surface area contributed by atoms with Crippen LogP contribution in [0, 0.1) is 0 Å². The van der Waals surface area contributed by atoms with Gasteiger partial charge in [0.05, 0.1) is 12.3 Å². The number of aryl methyl sites for hydroxylation is 2. The minimum Gasteiger partial charge on any atom is -0.469 e. The van der Waals surface area contributed by atoms with Crippen LogP contribution in [-0.4, -0.2) is 20.9 Å². The lowest BCUT2D eigenvalue weighted by molar-refractivity contribution is -0.122. The molecule has 1 aliphatic rings. The highest BCUT2D eigenvalue weighted by Gasteiger charge is 2.24. The van der Waals surface area contributed by atoms with Crippen molar-refractivity contribution >= 4 is 5.91 Å². The summed E-state index contributed by atoms with van der Waals surface area (Å²) in [7, 11) is 0. The van der Waals surface area contributed by atoms with E-state index in [1.54, 1.807) is 12.5 Å². The highest BCUT2D eigenvalue weighted by atomic mass is 16.3. The number of rotatable bonds is 5. The van der Waals surface area contributed by atoms with Crippen LogP contribution in [0.2, 0.25) is 0 Å². The number of hydrogen-bond donors (Lipinski definition) is 1. The Morgan fingerprint density at radius 2 is 2.19 bits per heavy atom. The van der Waals surface area contributed by atoms with Crippen molar-refractivity contribution in [3.63, 3.8) is 0 Å². The first-order valence-corrected chi connectivity index (χ1v) is 8.88. The summed E-state index contributed by atoms with van der Waals surface area (Å²) < 4.78 is 5.28. The predicted octanol–water partition coefficient (Wildman–Crippen LogP) is 3.26. The molecule has 1 atom stereocenters. The molecule has 132 valence electrons. The molecule has 3 heterocycles. The number of amides is 1. The number of aromatic nitrogens is 3. The molecule has 0 fully saturated rings. The van der Waals surface area contributed by atoms with Gasteiger partial charge in [0.25, 0.3) is 0 Å². The highest BCUT2D eigenvalue weighted by molar-refractivity contribution is 5.76. The molecule has 0 aliphatic heterocycles. The van der Waals surface area contributed by atoms with Crippen LogP contribution in [0.15, 0.2) is 53.4 Å². The van der Waals surface area contributed by atoms with Gasteiger partial charge in [0.15, 0.2) is 5.82 Å². The molecule has 3 aromatic heterocycles. The van der Waals surface area contributed by atoms with Gasteiger partial charge in [-0.2, -0.15) is 0 Å². The van der Waals surface area contributed by atoms with Crippen LogP contribution in [0.3, 0.4) is 0 Å². The second-order valence-electron chi connectivity index (χ2n) is 6.40. The molecule has 0 bridgehead atoms. The number of hydrogen-bond acceptors (Lipinski definition) is 5. The minimum absolute atomic E-state index is 0.0213. The molecule has 0 unspecified atom stereocenters. The molecule has 3 aromatic rings. The van der Waals surface area contributed by atoms with Crippen LogP contribution in [0.1, 0.15) is 42.3 Å². The van der Waals surface area contributed by atoms with Crippen molar-refractivity contribution in [3.05, 3.63) is 66.0 Å². The summed E-state index contributed by atoms with van der Waals surface area (Å²) in [6.45, 7) is 0. The fourth-order valence-corrected chi connectivity index (χ4v) is 3.27. The lowest BCUT2D eigenvalue weighted by Gasteiger charge is -2.25. The molecule has 0 radical (unpaired) electrons. The van der Waals surface area contributed by atoms with Crippen molar-refractivity contribution in [1.29, 1.82) is 0 Å². The van der Waals surface area contributed by atoms with E-state index < -0.39 is 0 Å². The largest absolute Gasteiger partial charge is 0.469 e. The second kappa shape index (κ2) is 7.47. The van der Waals surface area contributed by atoms with E-state index in [0.717, 1.165) is 42.0 Å². The number of furan rings is 1. The Kier molecular flexibility index (Phi) is 4.73. The second-order valence-corrected chi connectivity index (χ2v) is 6.40. The number of nitrogens with one attached hydrogen (secondary N) is 1. The Labute approximate surface area is 151 Å². The average molecular weight is 348 g/mol. The molecular formula is C20H20N4O2.